The maximum atomic E-state index is 12.9. The Kier molecular flexibility index (Phi) is 3.50. The Bertz CT molecular complexity index is 535. The molecular weight excluding hydrogens is 259 g/mol. The molecule has 1 N–H and O–H groups in total. The molecule has 1 heterocycles. The molecule has 102 valence electrons. The molecule has 2 rings (SSSR count). The second-order valence-corrected chi connectivity index (χ2v) is 4.03. The number of carbonyl (C=O) groups excluding carboxylic acids is 1. The summed E-state index contributed by atoms with van der Waals surface area (Å²) in [7, 11) is 0. The van der Waals surface area contributed by atoms with Crippen molar-refractivity contribution in [1.29, 1.82) is 0 Å². The zero-order chi connectivity index (χ0) is 14.0. The lowest BCUT2D eigenvalue weighted by Gasteiger charge is -2.12. The number of alkyl halides is 3. The highest BCUT2D eigenvalue weighted by Crippen LogP contribution is 2.36. The first-order valence-corrected chi connectivity index (χ1v) is 5.74. The fraction of sp³-hybridized carbons (Fsp3) is 0.308. The van der Waals surface area contributed by atoms with Crippen LogP contribution in [0.25, 0.3) is 6.08 Å². The first kappa shape index (κ1) is 13.5. The number of ether oxygens (including phenoxy) is 1. The van der Waals surface area contributed by atoms with Gasteiger partial charge < -0.3 is 10.1 Å². The topological polar surface area (TPSA) is 38.3 Å². The molecule has 0 saturated heterocycles. The van der Waals surface area contributed by atoms with Crippen LogP contribution in [0.5, 0.6) is 0 Å². The van der Waals surface area contributed by atoms with Gasteiger partial charge in [-0.1, -0.05) is 0 Å². The number of nitrogens with one attached hydrogen (secondary N) is 1. The van der Waals surface area contributed by atoms with Crippen LogP contribution >= 0.6 is 0 Å². The van der Waals surface area contributed by atoms with E-state index in [4.69, 9.17) is 4.74 Å². The van der Waals surface area contributed by atoms with Crippen LogP contribution in [-0.4, -0.2) is 12.5 Å². The summed E-state index contributed by atoms with van der Waals surface area (Å²) in [5.41, 5.74) is -0.409. The fourth-order valence-electron chi connectivity index (χ4n) is 1.92. The second-order valence-electron chi connectivity index (χ2n) is 4.03. The minimum absolute atomic E-state index is 0.00561. The largest absolute Gasteiger partial charge is 0.501 e. The van der Waals surface area contributed by atoms with Crippen LogP contribution < -0.4 is 5.32 Å². The van der Waals surface area contributed by atoms with Crippen LogP contribution in [0.3, 0.4) is 0 Å². The number of amides is 1. The van der Waals surface area contributed by atoms with E-state index in [2.05, 4.69) is 5.32 Å². The standard InChI is InChI=1S/C13H12F3NO2/c1-2-19-4-3-8-5-9-10(7-17-12(9)18)11(6-8)13(14,15)16/h3-6H,2,7H2,1H3,(H,17,18)/b4-3+. The SMILES string of the molecule is CCO/C=C/c1cc2c(c(C(F)(F)F)c1)CNC2=O. The van der Waals surface area contributed by atoms with Crippen LogP contribution in [0.15, 0.2) is 18.4 Å². The van der Waals surface area contributed by atoms with E-state index in [1.165, 1.54) is 18.4 Å². The van der Waals surface area contributed by atoms with E-state index < -0.39 is 17.6 Å². The van der Waals surface area contributed by atoms with Gasteiger partial charge in [0, 0.05) is 12.1 Å². The van der Waals surface area contributed by atoms with Gasteiger partial charge in [-0.25, -0.2) is 0 Å². The average Bonchev–Trinajstić information content (AvgIpc) is 2.70. The minimum atomic E-state index is -4.48. The van der Waals surface area contributed by atoms with Gasteiger partial charge in [-0.15, -0.1) is 0 Å². The molecule has 0 saturated carbocycles. The van der Waals surface area contributed by atoms with Crippen molar-refractivity contribution in [2.75, 3.05) is 6.61 Å². The summed E-state index contributed by atoms with van der Waals surface area (Å²) in [6.07, 6.45) is -1.76. The third-order valence-electron chi connectivity index (χ3n) is 2.77. The predicted octanol–water partition coefficient (Wildman–Crippen LogP) is 2.96. The van der Waals surface area contributed by atoms with Crippen LogP contribution in [0.4, 0.5) is 13.2 Å². The third kappa shape index (κ3) is 2.72. The molecule has 19 heavy (non-hydrogen) atoms. The van der Waals surface area contributed by atoms with E-state index in [0.717, 1.165) is 6.07 Å². The Morgan fingerprint density at radius 2 is 2.16 bits per heavy atom. The first-order chi connectivity index (χ1) is 8.93. The zero-order valence-corrected chi connectivity index (χ0v) is 10.2. The number of fused-ring (bicyclic) bond motifs is 1. The number of benzene rings is 1. The summed E-state index contributed by atoms with van der Waals surface area (Å²) in [6.45, 7) is 2.11. The highest BCUT2D eigenvalue weighted by Gasteiger charge is 2.37. The van der Waals surface area contributed by atoms with Gasteiger partial charge in [-0.3, -0.25) is 4.79 Å². The van der Waals surface area contributed by atoms with Crippen LogP contribution in [0, 0.1) is 0 Å². The van der Waals surface area contributed by atoms with Crippen molar-refractivity contribution in [2.45, 2.75) is 19.6 Å². The molecule has 0 aliphatic carbocycles. The number of hydrogen-bond acceptors (Lipinski definition) is 2. The van der Waals surface area contributed by atoms with Gasteiger partial charge in [0.05, 0.1) is 18.4 Å². The van der Waals surface area contributed by atoms with Crippen molar-refractivity contribution in [3.8, 4) is 0 Å². The smallest absolute Gasteiger partial charge is 0.416 e. The van der Waals surface area contributed by atoms with Crippen molar-refractivity contribution < 1.29 is 22.7 Å². The molecule has 6 heteroatoms. The molecule has 0 bridgehead atoms. The van der Waals surface area contributed by atoms with Gasteiger partial charge in [0.25, 0.3) is 5.91 Å². The van der Waals surface area contributed by atoms with Crippen LogP contribution in [0.2, 0.25) is 0 Å². The van der Waals surface area contributed by atoms with Crippen LogP contribution in [-0.2, 0) is 17.5 Å². The molecule has 0 aromatic heterocycles. The van der Waals surface area contributed by atoms with Crippen molar-refractivity contribution in [3.63, 3.8) is 0 Å². The summed E-state index contributed by atoms with van der Waals surface area (Å²) in [4.78, 5) is 11.5. The Labute approximate surface area is 108 Å². The first-order valence-electron chi connectivity index (χ1n) is 5.74. The Hall–Kier alpha value is -1.98. The lowest BCUT2D eigenvalue weighted by atomic mass is 9.99. The second kappa shape index (κ2) is 4.95. The highest BCUT2D eigenvalue weighted by molar-refractivity contribution is 5.99. The Balaban J connectivity index is 2.49. The summed E-state index contributed by atoms with van der Waals surface area (Å²) < 4.78 is 43.8. The van der Waals surface area contributed by atoms with Gasteiger partial charge >= 0.3 is 6.18 Å². The number of hydrogen-bond donors (Lipinski definition) is 1. The molecule has 0 unspecified atom stereocenters. The number of halogens is 3. The number of carbonyl (C=O) groups is 1. The fourth-order valence-corrected chi connectivity index (χ4v) is 1.92. The summed E-state index contributed by atoms with van der Waals surface area (Å²) in [6, 6.07) is 2.46. The lowest BCUT2D eigenvalue weighted by molar-refractivity contribution is -0.138. The summed E-state index contributed by atoms with van der Waals surface area (Å²) in [5.74, 6) is -0.479. The van der Waals surface area contributed by atoms with Crippen molar-refractivity contribution >= 4 is 12.0 Å². The minimum Gasteiger partial charge on any atom is -0.501 e. The maximum Gasteiger partial charge on any atom is 0.416 e. The number of rotatable bonds is 3. The zero-order valence-electron chi connectivity index (χ0n) is 10.2. The molecule has 0 spiro atoms. The predicted molar refractivity (Wildman–Crippen MR) is 63.3 cm³/mol. The summed E-state index contributed by atoms with van der Waals surface area (Å²) >= 11 is 0. The maximum absolute atomic E-state index is 12.9. The van der Waals surface area contributed by atoms with E-state index in [9.17, 15) is 18.0 Å². The quantitative estimate of drug-likeness (QED) is 0.858. The molecule has 1 amide bonds. The Morgan fingerprint density at radius 3 is 2.79 bits per heavy atom. The molecule has 1 aromatic carbocycles. The lowest BCUT2D eigenvalue weighted by Crippen LogP contribution is -2.12. The Morgan fingerprint density at radius 1 is 1.42 bits per heavy atom. The molecule has 0 atom stereocenters. The normalized spacial score (nSPS) is 14.6. The van der Waals surface area contributed by atoms with E-state index >= 15 is 0 Å². The highest BCUT2D eigenvalue weighted by atomic mass is 19.4. The molecule has 3 nitrogen and oxygen atoms in total. The third-order valence-corrected chi connectivity index (χ3v) is 2.77. The average molecular weight is 271 g/mol. The van der Waals surface area contributed by atoms with Gasteiger partial charge in [0.15, 0.2) is 0 Å². The van der Waals surface area contributed by atoms with E-state index in [1.807, 2.05) is 0 Å². The van der Waals surface area contributed by atoms with Crippen molar-refractivity contribution in [1.82, 2.24) is 5.32 Å². The van der Waals surface area contributed by atoms with Gasteiger partial charge in [-0.05, 0) is 36.3 Å². The molecular formula is C13H12F3NO2. The van der Waals surface area contributed by atoms with E-state index in [0.29, 0.717) is 6.61 Å². The van der Waals surface area contributed by atoms with Gasteiger partial charge in [0.2, 0.25) is 0 Å². The summed E-state index contributed by atoms with van der Waals surface area (Å²) in [5, 5.41) is 2.40. The van der Waals surface area contributed by atoms with E-state index in [-0.39, 0.29) is 23.2 Å². The monoisotopic (exact) mass is 271 g/mol. The van der Waals surface area contributed by atoms with Gasteiger partial charge in [-0.2, -0.15) is 13.2 Å². The molecule has 1 aromatic rings. The van der Waals surface area contributed by atoms with Crippen molar-refractivity contribution in [3.05, 3.63) is 40.6 Å². The molecule has 1 aliphatic heterocycles. The molecule has 1 aliphatic rings. The van der Waals surface area contributed by atoms with Crippen LogP contribution in [0.1, 0.15) is 34.0 Å². The van der Waals surface area contributed by atoms with E-state index in [1.54, 1.807) is 6.92 Å². The molecule has 0 radical (unpaired) electrons. The van der Waals surface area contributed by atoms with Gasteiger partial charge in [0.1, 0.15) is 0 Å². The molecule has 0 fully saturated rings. The van der Waals surface area contributed by atoms with Crippen molar-refractivity contribution in [2.24, 2.45) is 0 Å².